The van der Waals surface area contributed by atoms with E-state index in [0.29, 0.717) is 23.2 Å². The first-order valence-electron chi connectivity index (χ1n) is 5.52. The van der Waals surface area contributed by atoms with Crippen molar-refractivity contribution in [2.24, 2.45) is 0 Å². The second-order valence-electron chi connectivity index (χ2n) is 3.54. The van der Waals surface area contributed by atoms with Crippen LogP contribution in [0.2, 0.25) is 0 Å². The summed E-state index contributed by atoms with van der Waals surface area (Å²) in [5.74, 6) is 0. The van der Waals surface area contributed by atoms with Crippen molar-refractivity contribution in [3.63, 3.8) is 0 Å². The van der Waals surface area contributed by atoms with Crippen LogP contribution in [-0.4, -0.2) is 36.0 Å². The first-order chi connectivity index (χ1) is 9.06. The topological polar surface area (TPSA) is 56.1 Å². The SMILES string of the molecule is C=CCn1ncc(NCCOCC(F)F)c(Br)c1=O. The van der Waals surface area contributed by atoms with Crippen LogP contribution in [0.25, 0.3) is 0 Å². The van der Waals surface area contributed by atoms with Gasteiger partial charge in [-0.2, -0.15) is 5.10 Å². The molecule has 1 rings (SSSR count). The summed E-state index contributed by atoms with van der Waals surface area (Å²) in [6, 6.07) is 0. The molecule has 0 bridgehead atoms. The minimum Gasteiger partial charge on any atom is -0.380 e. The van der Waals surface area contributed by atoms with Crippen LogP contribution < -0.4 is 10.9 Å². The summed E-state index contributed by atoms with van der Waals surface area (Å²) in [5.41, 5.74) is 0.198. The van der Waals surface area contributed by atoms with Crippen LogP contribution in [0.1, 0.15) is 0 Å². The zero-order valence-corrected chi connectivity index (χ0v) is 11.7. The Morgan fingerprint density at radius 3 is 3.00 bits per heavy atom. The molecule has 0 saturated heterocycles. The van der Waals surface area contributed by atoms with Gasteiger partial charge in [-0.3, -0.25) is 4.79 Å². The first kappa shape index (κ1) is 15.8. The smallest absolute Gasteiger partial charge is 0.283 e. The molecule has 0 fully saturated rings. The lowest BCUT2D eigenvalue weighted by Crippen LogP contribution is -2.24. The highest BCUT2D eigenvalue weighted by atomic mass is 79.9. The summed E-state index contributed by atoms with van der Waals surface area (Å²) in [6.45, 7) is 3.67. The van der Waals surface area contributed by atoms with Crippen molar-refractivity contribution in [1.29, 1.82) is 0 Å². The Bertz CT molecular complexity index is 479. The Hall–Kier alpha value is -1.28. The number of halogens is 3. The molecule has 0 aromatic carbocycles. The molecule has 0 unspecified atom stereocenters. The van der Waals surface area contributed by atoms with E-state index in [-0.39, 0.29) is 12.2 Å². The van der Waals surface area contributed by atoms with Crippen molar-refractivity contribution in [3.05, 3.63) is 33.7 Å². The number of anilines is 1. The molecule has 5 nitrogen and oxygen atoms in total. The Morgan fingerprint density at radius 1 is 1.63 bits per heavy atom. The summed E-state index contributed by atoms with van der Waals surface area (Å²) < 4.78 is 29.9. The number of aromatic nitrogens is 2. The van der Waals surface area contributed by atoms with Crippen LogP contribution in [0.3, 0.4) is 0 Å². The van der Waals surface area contributed by atoms with Crippen molar-refractivity contribution in [2.75, 3.05) is 25.1 Å². The van der Waals surface area contributed by atoms with Crippen molar-refractivity contribution in [2.45, 2.75) is 13.0 Å². The van der Waals surface area contributed by atoms with Gasteiger partial charge in [-0.25, -0.2) is 13.5 Å². The molecular formula is C11H14BrF2N3O2. The molecular weight excluding hydrogens is 324 g/mol. The van der Waals surface area contributed by atoms with Gasteiger partial charge >= 0.3 is 0 Å². The van der Waals surface area contributed by atoms with Crippen molar-refractivity contribution < 1.29 is 13.5 Å². The quantitative estimate of drug-likeness (QED) is 0.581. The maximum Gasteiger partial charge on any atom is 0.283 e. The van der Waals surface area contributed by atoms with E-state index in [9.17, 15) is 13.6 Å². The molecule has 1 N–H and O–H groups in total. The molecule has 1 heterocycles. The number of allylic oxidation sites excluding steroid dienone is 1. The van der Waals surface area contributed by atoms with Crippen LogP contribution >= 0.6 is 15.9 Å². The average molecular weight is 338 g/mol. The molecule has 0 spiro atoms. The second-order valence-corrected chi connectivity index (χ2v) is 4.33. The Balaban J connectivity index is 2.53. The van der Waals surface area contributed by atoms with Gasteiger partial charge in [0.05, 0.1) is 25.0 Å². The molecule has 0 saturated carbocycles. The molecule has 8 heteroatoms. The highest BCUT2D eigenvalue weighted by Gasteiger charge is 2.07. The molecule has 106 valence electrons. The van der Waals surface area contributed by atoms with Crippen LogP contribution in [0.4, 0.5) is 14.5 Å². The summed E-state index contributed by atoms with van der Waals surface area (Å²) in [4.78, 5) is 11.8. The number of rotatable bonds is 8. The van der Waals surface area contributed by atoms with Crippen LogP contribution in [0, 0.1) is 0 Å². The molecule has 0 aliphatic rings. The third-order valence-electron chi connectivity index (χ3n) is 2.09. The largest absolute Gasteiger partial charge is 0.380 e. The van der Waals surface area contributed by atoms with Crippen LogP contribution in [-0.2, 0) is 11.3 Å². The van der Waals surface area contributed by atoms with E-state index >= 15 is 0 Å². The highest BCUT2D eigenvalue weighted by Crippen LogP contribution is 2.15. The molecule has 0 atom stereocenters. The van der Waals surface area contributed by atoms with E-state index in [1.54, 1.807) is 6.08 Å². The minimum absolute atomic E-state index is 0.118. The van der Waals surface area contributed by atoms with E-state index < -0.39 is 13.0 Å². The molecule has 0 aliphatic carbocycles. The van der Waals surface area contributed by atoms with Gasteiger partial charge in [0.2, 0.25) is 0 Å². The van der Waals surface area contributed by atoms with Gasteiger partial charge in [-0.15, -0.1) is 6.58 Å². The normalized spacial score (nSPS) is 10.7. The lowest BCUT2D eigenvalue weighted by Gasteiger charge is -2.09. The Morgan fingerprint density at radius 2 is 2.37 bits per heavy atom. The van der Waals surface area contributed by atoms with Gasteiger partial charge in [0.25, 0.3) is 12.0 Å². The summed E-state index contributed by atoms with van der Waals surface area (Å²) in [6.07, 6.45) is 0.560. The van der Waals surface area contributed by atoms with Gasteiger partial charge in [0, 0.05) is 6.54 Å². The van der Waals surface area contributed by atoms with E-state index in [1.807, 2.05) is 0 Å². The summed E-state index contributed by atoms with van der Waals surface area (Å²) >= 11 is 3.16. The van der Waals surface area contributed by atoms with Crippen molar-refractivity contribution in [1.82, 2.24) is 9.78 Å². The third-order valence-corrected chi connectivity index (χ3v) is 2.86. The van der Waals surface area contributed by atoms with E-state index in [4.69, 9.17) is 4.74 Å². The lowest BCUT2D eigenvalue weighted by molar-refractivity contribution is 0.0215. The number of hydrogen-bond acceptors (Lipinski definition) is 4. The molecule has 0 aliphatic heterocycles. The van der Waals surface area contributed by atoms with E-state index in [1.165, 1.54) is 10.9 Å². The average Bonchev–Trinajstić information content (AvgIpc) is 2.37. The fraction of sp³-hybridized carbons (Fsp3) is 0.455. The monoisotopic (exact) mass is 337 g/mol. The maximum absolute atomic E-state index is 11.8. The molecule has 1 aromatic rings. The number of nitrogens with one attached hydrogen (secondary N) is 1. The zero-order chi connectivity index (χ0) is 14.3. The first-order valence-corrected chi connectivity index (χ1v) is 6.31. The highest BCUT2D eigenvalue weighted by molar-refractivity contribution is 9.10. The predicted molar refractivity (Wildman–Crippen MR) is 71.7 cm³/mol. The molecule has 0 radical (unpaired) electrons. The Kier molecular flexibility index (Phi) is 6.65. The second kappa shape index (κ2) is 8.00. The molecule has 0 amide bonds. The van der Waals surface area contributed by atoms with Crippen LogP contribution in [0.5, 0.6) is 0 Å². The number of hydrogen-bond donors (Lipinski definition) is 1. The third kappa shape index (κ3) is 5.07. The lowest BCUT2D eigenvalue weighted by atomic mass is 10.4. The van der Waals surface area contributed by atoms with Gasteiger partial charge < -0.3 is 10.1 Å². The van der Waals surface area contributed by atoms with Gasteiger partial charge in [-0.05, 0) is 15.9 Å². The van der Waals surface area contributed by atoms with Gasteiger partial charge in [0.15, 0.2) is 0 Å². The summed E-state index contributed by atoms with van der Waals surface area (Å²) in [7, 11) is 0. The van der Waals surface area contributed by atoms with Gasteiger partial charge in [-0.1, -0.05) is 6.08 Å². The van der Waals surface area contributed by atoms with Crippen LogP contribution in [0.15, 0.2) is 28.1 Å². The number of alkyl halides is 2. The minimum atomic E-state index is -2.48. The molecule has 19 heavy (non-hydrogen) atoms. The van der Waals surface area contributed by atoms with Gasteiger partial charge in [0.1, 0.15) is 11.1 Å². The number of ether oxygens (including phenoxy) is 1. The predicted octanol–water partition coefficient (Wildman–Crippen LogP) is 1.89. The van der Waals surface area contributed by atoms with Crippen molar-refractivity contribution in [3.8, 4) is 0 Å². The Labute approximate surface area is 117 Å². The maximum atomic E-state index is 11.8. The fourth-order valence-electron chi connectivity index (χ4n) is 1.27. The van der Waals surface area contributed by atoms with E-state index in [2.05, 4.69) is 32.9 Å². The number of nitrogens with zero attached hydrogens (tertiary/aromatic N) is 2. The zero-order valence-electron chi connectivity index (χ0n) is 10.1. The molecule has 1 aromatic heterocycles. The van der Waals surface area contributed by atoms with E-state index in [0.717, 1.165) is 0 Å². The standard InChI is InChI=1S/C11H14BrF2N3O2/c1-2-4-17-11(18)10(12)8(6-16-17)15-3-5-19-7-9(13)14/h2,6,9,15H,1,3-5,7H2. The fourth-order valence-corrected chi connectivity index (χ4v) is 1.72. The summed E-state index contributed by atoms with van der Waals surface area (Å²) in [5, 5.41) is 6.81. The van der Waals surface area contributed by atoms with Crippen molar-refractivity contribution >= 4 is 21.6 Å².